The molecule has 2 rings (SSSR count). The average Bonchev–Trinajstić information content (AvgIpc) is 2.27. The maximum atomic E-state index is 12.2. The summed E-state index contributed by atoms with van der Waals surface area (Å²) < 4.78 is 12.2. The zero-order valence-electron chi connectivity index (χ0n) is 7.52. The summed E-state index contributed by atoms with van der Waals surface area (Å²) in [7, 11) is 0. The van der Waals surface area contributed by atoms with Gasteiger partial charge in [0.25, 0.3) is 0 Å². The summed E-state index contributed by atoms with van der Waals surface area (Å²) >= 11 is 0. The third kappa shape index (κ3) is 1.59. The first-order valence-electron chi connectivity index (χ1n) is 4.41. The van der Waals surface area contributed by atoms with Crippen LogP contribution in [0, 0.1) is 0 Å². The third-order valence-electron chi connectivity index (χ3n) is 2.11. The van der Waals surface area contributed by atoms with Crippen LogP contribution in [-0.2, 0) is 0 Å². The molecule has 14 heavy (non-hydrogen) atoms. The van der Waals surface area contributed by atoms with Crippen LogP contribution in [0.5, 0.6) is 0 Å². The highest BCUT2D eigenvalue weighted by Crippen LogP contribution is 2.16. The van der Waals surface area contributed by atoms with E-state index in [1.54, 1.807) is 6.07 Å². The lowest BCUT2D eigenvalue weighted by molar-refractivity contribution is 0.138. The van der Waals surface area contributed by atoms with Crippen molar-refractivity contribution in [3.05, 3.63) is 42.1 Å². The summed E-state index contributed by atoms with van der Waals surface area (Å²) in [5.74, 6) is 0. The van der Waals surface area contributed by atoms with Crippen molar-refractivity contribution < 1.29 is 9.50 Å². The van der Waals surface area contributed by atoms with E-state index >= 15 is 0 Å². The van der Waals surface area contributed by atoms with Gasteiger partial charge in [0.05, 0.1) is 11.2 Å². The lowest BCUT2D eigenvalue weighted by atomic mass is 10.1. The molecule has 0 bridgehead atoms. The molecule has 0 aliphatic heterocycles. The minimum absolute atomic E-state index is 0.381. The first kappa shape index (κ1) is 9.09. The van der Waals surface area contributed by atoms with E-state index < -0.39 is 12.8 Å². The predicted molar refractivity (Wildman–Crippen MR) is 52.7 cm³/mol. The molecule has 0 saturated heterocycles. The number of hydrogen-bond acceptors (Lipinski definition) is 2. The Bertz CT molecular complexity index is 444. The second kappa shape index (κ2) is 3.72. The number of benzene rings is 1. The molecule has 0 saturated carbocycles. The van der Waals surface area contributed by atoms with Crippen molar-refractivity contribution >= 4 is 10.9 Å². The Hall–Kier alpha value is -1.48. The van der Waals surface area contributed by atoms with Gasteiger partial charge in [0.15, 0.2) is 0 Å². The van der Waals surface area contributed by atoms with Crippen LogP contribution < -0.4 is 0 Å². The van der Waals surface area contributed by atoms with E-state index in [-0.39, 0.29) is 0 Å². The van der Waals surface area contributed by atoms with E-state index in [4.69, 9.17) is 0 Å². The summed E-state index contributed by atoms with van der Waals surface area (Å²) in [4.78, 5) is 4.16. The molecule has 1 aromatic carbocycles. The molecule has 1 heterocycles. The first-order valence-corrected chi connectivity index (χ1v) is 4.41. The SMILES string of the molecule is OC(CF)c1ccc2ccccc2n1. The van der Waals surface area contributed by atoms with Crippen molar-refractivity contribution in [1.29, 1.82) is 0 Å². The molecule has 1 aromatic heterocycles. The van der Waals surface area contributed by atoms with E-state index in [9.17, 15) is 9.50 Å². The number of halogens is 1. The molecule has 0 fully saturated rings. The second-order valence-electron chi connectivity index (χ2n) is 3.10. The zero-order chi connectivity index (χ0) is 9.97. The van der Waals surface area contributed by atoms with Gasteiger partial charge < -0.3 is 5.11 Å². The smallest absolute Gasteiger partial charge is 0.124 e. The van der Waals surface area contributed by atoms with Crippen LogP contribution in [0.4, 0.5) is 4.39 Å². The van der Waals surface area contributed by atoms with Gasteiger partial charge in [-0.15, -0.1) is 0 Å². The fourth-order valence-electron chi connectivity index (χ4n) is 1.35. The van der Waals surface area contributed by atoms with E-state index in [0.29, 0.717) is 5.69 Å². The highest BCUT2D eigenvalue weighted by atomic mass is 19.1. The minimum Gasteiger partial charge on any atom is -0.384 e. The van der Waals surface area contributed by atoms with E-state index in [1.807, 2.05) is 30.3 Å². The van der Waals surface area contributed by atoms with E-state index in [0.717, 1.165) is 10.9 Å². The topological polar surface area (TPSA) is 33.1 Å². The Morgan fingerprint density at radius 2 is 2.00 bits per heavy atom. The highest BCUT2D eigenvalue weighted by Gasteiger charge is 2.08. The molecule has 0 amide bonds. The lowest BCUT2D eigenvalue weighted by Crippen LogP contribution is -2.01. The molecule has 2 nitrogen and oxygen atoms in total. The van der Waals surface area contributed by atoms with Crippen LogP contribution in [0.25, 0.3) is 10.9 Å². The highest BCUT2D eigenvalue weighted by molar-refractivity contribution is 5.78. The Morgan fingerprint density at radius 1 is 1.21 bits per heavy atom. The molecular weight excluding hydrogens is 181 g/mol. The van der Waals surface area contributed by atoms with Crippen LogP contribution >= 0.6 is 0 Å². The van der Waals surface area contributed by atoms with Crippen LogP contribution in [0.15, 0.2) is 36.4 Å². The predicted octanol–water partition coefficient (Wildman–Crippen LogP) is 2.24. The fraction of sp³-hybridized carbons (Fsp3) is 0.182. The number of aromatic nitrogens is 1. The summed E-state index contributed by atoms with van der Waals surface area (Å²) in [6.07, 6.45) is -1.11. The van der Waals surface area contributed by atoms with Crippen molar-refractivity contribution in [2.24, 2.45) is 0 Å². The van der Waals surface area contributed by atoms with Crippen LogP contribution in [0.2, 0.25) is 0 Å². The second-order valence-corrected chi connectivity index (χ2v) is 3.10. The molecule has 1 unspecified atom stereocenters. The number of alkyl halides is 1. The normalized spacial score (nSPS) is 13.0. The van der Waals surface area contributed by atoms with Crippen LogP contribution in [-0.4, -0.2) is 16.8 Å². The number of aliphatic hydroxyl groups excluding tert-OH is 1. The number of aliphatic hydroxyl groups is 1. The van der Waals surface area contributed by atoms with Gasteiger partial charge in [-0.05, 0) is 12.1 Å². The number of fused-ring (bicyclic) bond motifs is 1. The molecule has 72 valence electrons. The molecule has 0 aliphatic carbocycles. The van der Waals surface area contributed by atoms with Gasteiger partial charge in [-0.2, -0.15) is 0 Å². The van der Waals surface area contributed by atoms with Gasteiger partial charge >= 0.3 is 0 Å². The van der Waals surface area contributed by atoms with Gasteiger partial charge in [-0.3, -0.25) is 0 Å². The quantitative estimate of drug-likeness (QED) is 0.789. The molecule has 1 atom stereocenters. The van der Waals surface area contributed by atoms with E-state index in [2.05, 4.69) is 4.98 Å². The van der Waals surface area contributed by atoms with E-state index in [1.165, 1.54) is 0 Å². The van der Waals surface area contributed by atoms with Crippen molar-refractivity contribution in [2.75, 3.05) is 6.67 Å². The van der Waals surface area contributed by atoms with Crippen molar-refractivity contribution in [3.8, 4) is 0 Å². The zero-order valence-corrected chi connectivity index (χ0v) is 7.52. The molecule has 3 heteroatoms. The molecule has 0 spiro atoms. The summed E-state index contributed by atoms with van der Waals surface area (Å²) in [5, 5.41) is 10.2. The Labute approximate surface area is 81.0 Å². The minimum atomic E-state index is -1.11. The van der Waals surface area contributed by atoms with Gasteiger partial charge in [0.2, 0.25) is 0 Å². The molecule has 0 aliphatic rings. The number of hydrogen-bond donors (Lipinski definition) is 1. The molecule has 1 N–H and O–H groups in total. The average molecular weight is 191 g/mol. The van der Waals surface area contributed by atoms with Crippen LogP contribution in [0.3, 0.4) is 0 Å². The monoisotopic (exact) mass is 191 g/mol. The summed E-state index contributed by atoms with van der Waals surface area (Å²) in [5.41, 5.74) is 1.16. The Kier molecular flexibility index (Phi) is 2.41. The molecule has 2 aromatic rings. The third-order valence-corrected chi connectivity index (χ3v) is 2.11. The number of rotatable bonds is 2. The van der Waals surface area contributed by atoms with Gasteiger partial charge in [-0.25, -0.2) is 9.37 Å². The maximum Gasteiger partial charge on any atom is 0.124 e. The summed E-state index contributed by atoms with van der Waals surface area (Å²) in [6, 6.07) is 11.0. The molecular formula is C11H10FNO. The van der Waals surface area contributed by atoms with Crippen molar-refractivity contribution in [1.82, 2.24) is 4.98 Å². The van der Waals surface area contributed by atoms with Gasteiger partial charge in [-0.1, -0.05) is 24.3 Å². The number of pyridine rings is 1. The fourth-order valence-corrected chi connectivity index (χ4v) is 1.35. The largest absolute Gasteiger partial charge is 0.384 e. The Morgan fingerprint density at radius 3 is 2.79 bits per heavy atom. The standard InChI is InChI=1S/C11H10FNO/c12-7-11(14)10-6-5-8-3-1-2-4-9(8)13-10/h1-6,11,14H,7H2. The van der Waals surface area contributed by atoms with Crippen molar-refractivity contribution in [2.45, 2.75) is 6.10 Å². The molecule has 0 radical (unpaired) electrons. The number of nitrogens with zero attached hydrogens (tertiary/aromatic N) is 1. The van der Waals surface area contributed by atoms with Crippen molar-refractivity contribution in [3.63, 3.8) is 0 Å². The first-order chi connectivity index (χ1) is 6.81. The summed E-state index contributed by atoms with van der Waals surface area (Å²) in [6.45, 7) is -0.800. The van der Waals surface area contributed by atoms with Gasteiger partial charge in [0, 0.05) is 5.39 Å². The lowest BCUT2D eigenvalue weighted by Gasteiger charge is -2.06. The Balaban J connectivity index is 2.51. The number of para-hydroxylation sites is 1. The maximum absolute atomic E-state index is 12.2. The van der Waals surface area contributed by atoms with Gasteiger partial charge in [0.1, 0.15) is 12.8 Å². The van der Waals surface area contributed by atoms with Crippen LogP contribution in [0.1, 0.15) is 11.8 Å².